The molecule has 0 unspecified atom stereocenters. The van der Waals surface area contributed by atoms with Gasteiger partial charge in [0.2, 0.25) is 12.6 Å². The Labute approximate surface area is 274 Å². The molecule has 4 atom stereocenters. The van der Waals surface area contributed by atoms with Crippen molar-refractivity contribution in [1.29, 1.82) is 0 Å². The number of aromatic hydroxyl groups is 1. The number of esters is 1. The summed E-state index contributed by atoms with van der Waals surface area (Å²) in [6, 6.07) is 0.902. The van der Waals surface area contributed by atoms with Crippen molar-refractivity contribution in [3.8, 4) is 5.75 Å². The van der Waals surface area contributed by atoms with E-state index in [2.05, 4.69) is 6.58 Å². The molecule has 1 aromatic carbocycles. The molecule has 16 heteroatoms. The lowest BCUT2D eigenvalue weighted by Gasteiger charge is -2.50. The number of aliphatic hydroxyl groups is 3. The van der Waals surface area contributed by atoms with Gasteiger partial charge in [-0.25, -0.2) is 9.59 Å². The summed E-state index contributed by atoms with van der Waals surface area (Å²) in [6.45, 7) is 7.16. The summed E-state index contributed by atoms with van der Waals surface area (Å²) in [5.41, 5.74) is -0.301. The van der Waals surface area contributed by atoms with Crippen LogP contribution >= 0.6 is 0 Å². The zero-order chi connectivity index (χ0) is 36.0. The van der Waals surface area contributed by atoms with Gasteiger partial charge in [0.05, 0.1) is 29.1 Å². The minimum atomic E-state index is -2.83. The summed E-state index contributed by atoms with van der Waals surface area (Å²) >= 11 is 0. The van der Waals surface area contributed by atoms with Crippen LogP contribution in [-0.2, 0) is 39.9 Å². The Hall–Kier alpha value is -5.22. The van der Waals surface area contributed by atoms with E-state index in [1.165, 1.54) is 31.1 Å². The van der Waals surface area contributed by atoms with E-state index in [-0.39, 0.29) is 36.1 Å². The lowest BCUT2D eigenvalue weighted by molar-refractivity contribution is -0.165. The fraction of sp³-hybridized carbons (Fsp3) is 0.438. The molecule has 6 N–H and O–H groups in total. The summed E-state index contributed by atoms with van der Waals surface area (Å²) in [5, 5.41) is 45.3. The van der Waals surface area contributed by atoms with Crippen LogP contribution in [-0.4, -0.2) is 105 Å². The third-order valence-electron chi connectivity index (χ3n) is 8.50. The van der Waals surface area contributed by atoms with E-state index >= 15 is 0 Å². The Morgan fingerprint density at radius 3 is 2.31 bits per heavy atom. The fourth-order valence-corrected chi connectivity index (χ4v) is 6.27. The number of aliphatic hydroxyl groups excluding tert-OH is 2. The number of ketones is 2. The highest BCUT2D eigenvalue weighted by molar-refractivity contribution is 6.24. The number of nitrogens with zero attached hydrogens (tertiary/aromatic N) is 2. The van der Waals surface area contributed by atoms with Gasteiger partial charge in [0.1, 0.15) is 22.8 Å². The van der Waals surface area contributed by atoms with Gasteiger partial charge >= 0.3 is 18.0 Å². The molecular formula is C32H37N3O13. The van der Waals surface area contributed by atoms with Crippen LogP contribution < -0.4 is 5.73 Å². The molecule has 258 valence electrons. The molecule has 3 aliphatic rings. The molecule has 1 aromatic rings. The molecule has 0 aliphatic heterocycles. The molecule has 1 saturated carbocycles. The number of hydrogen-bond acceptors (Lipinski definition) is 14. The summed E-state index contributed by atoms with van der Waals surface area (Å²) in [4.78, 5) is 84.1. The van der Waals surface area contributed by atoms with Crippen molar-refractivity contribution in [3.63, 3.8) is 0 Å². The van der Waals surface area contributed by atoms with Gasteiger partial charge in [-0.2, -0.15) is 0 Å². The summed E-state index contributed by atoms with van der Waals surface area (Å²) in [7, 11) is 2.93. The molecule has 3 aliphatic carbocycles. The largest absolute Gasteiger partial charge is 0.508 e. The van der Waals surface area contributed by atoms with Crippen LogP contribution in [0, 0.1) is 17.3 Å². The van der Waals surface area contributed by atoms with Gasteiger partial charge < -0.3 is 40.5 Å². The van der Waals surface area contributed by atoms with Crippen LogP contribution in [0.3, 0.4) is 0 Å². The normalized spacial score (nSPS) is 23.5. The highest BCUT2D eigenvalue weighted by Gasteiger charge is 2.64. The Bertz CT molecular complexity index is 1690. The van der Waals surface area contributed by atoms with Crippen molar-refractivity contribution in [3.05, 3.63) is 58.4 Å². The molecule has 0 aromatic heterocycles. The van der Waals surface area contributed by atoms with Crippen LogP contribution in [0.25, 0.3) is 5.76 Å². The number of hydroxylamine groups is 2. The van der Waals surface area contributed by atoms with Crippen LogP contribution in [0.5, 0.6) is 5.75 Å². The van der Waals surface area contributed by atoms with Crippen LogP contribution in [0.15, 0.2) is 41.7 Å². The Kier molecular flexibility index (Phi) is 9.47. The van der Waals surface area contributed by atoms with Crippen LogP contribution in [0.2, 0.25) is 0 Å². The molecule has 2 amide bonds. The summed E-state index contributed by atoms with van der Waals surface area (Å²) in [5.74, 6) is -10.2. The maximum Gasteiger partial charge on any atom is 0.446 e. The van der Waals surface area contributed by atoms with Gasteiger partial charge in [-0.15, -0.1) is 11.6 Å². The predicted molar refractivity (Wildman–Crippen MR) is 163 cm³/mol. The zero-order valence-corrected chi connectivity index (χ0v) is 26.9. The number of phenols is 1. The van der Waals surface area contributed by atoms with E-state index in [0.717, 1.165) is 6.07 Å². The smallest absolute Gasteiger partial charge is 0.446 e. The molecular weight excluding hydrogens is 634 g/mol. The molecule has 0 heterocycles. The van der Waals surface area contributed by atoms with Crippen molar-refractivity contribution in [2.75, 3.05) is 27.4 Å². The van der Waals surface area contributed by atoms with E-state index in [4.69, 9.17) is 20.0 Å². The van der Waals surface area contributed by atoms with Crippen molar-refractivity contribution >= 4 is 41.3 Å². The average molecular weight is 672 g/mol. The number of primary amides is 1. The van der Waals surface area contributed by atoms with E-state index < -0.39 is 99.6 Å². The van der Waals surface area contributed by atoms with Gasteiger partial charge in [0, 0.05) is 11.5 Å². The molecule has 0 bridgehead atoms. The predicted octanol–water partition coefficient (Wildman–Crippen LogP) is 1.21. The van der Waals surface area contributed by atoms with E-state index in [1.54, 1.807) is 20.8 Å². The van der Waals surface area contributed by atoms with E-state index in [0.29, 0.717) is 5.06 Å². The molecule has 0 saturated heterocycles. The molecule has 48 heavy (non-hydrogen) atoms. The number of likely N-dealkylation sites (N-methyl/N-ethyl adjacent to an activating group) is 1. The number of hydrogen-bond donors (Lipinski definition) is 5. The number of fused-ring (bicyclic) bond motifs is 3. The first-order valence-corrected chi connectivity index (χ1v) is 14.7. The lowest BCUT2D eigenvalue weighted by atomic mass is 9.57. The van der Waals surface area contributed by atoms with Crippen LogP contribution in [0.1, 0.15) is 48.7 Å². The quantitative estimate of drug-likeness (QED) is 0.0900. The van der Waals surface area contributed by atoms with Gasteiger partial charge in [0.15, 0.2) is 11.4 Å². The topological polar surface area (TPSA) is 244 Å². The average Bonchev–Trinajstić information content (AvgIpc) is 2.97. The first-order valence-electron chi connectivity index (χ1n) is 14.7. The standard InChI is InChI=1S/C32H37N3O13/c1-7-10-35(30(44)47-13-46-29(43)31(2,3)4)48-28(42)15-8-9-18(36)20-16(15)11-14-12-17-22(34(5)6)24(38)21(27(33)41)26(40)32(17,45)25(39)19(14)23(20)37/h7-9,14,17,22,36-37,40,45H,1,10-13H2,2-6H3,(H2,33,41)/t14-,17-,22-,32-/m0/s1. The Morgan fingerprint density at radius 1 is 1.10 bits per heavy atom. The van der Waals surface area contributed by atoms with Crippen LogP contribution in [0.4, 0.5) is 4.79 Å². The van der Waals surface area contributed by atoms with E-state index in [1.807, 2.05) is 0 Å². The van der Waals surface area contributed by atoms with Gasteiger partial charge in [-0.1, -0.05) is 6.08 Å². The Morgan fingerprint density at radius 2 is 1.75 bits per heavy atom. The SMILES string of the molecule is C=CCN(OC(=O)c1ccc(O)c2c1C[C@H]1C[C@H]3[C@H](N(C)C)C(=O)C(C(N)=O)=C(O)[C@@]3(O)C(=O)C1=C2O)C(=O)OCOC(=O)C(C)(C)C. The summed E-state index contributed by atoms with van der Waals surface area (Å²) in [6.07, 6.45) is -0.405. The second-order valence-electron chi connectivity index (χ2n) is 12.9. The van der Waals surface area contributed by atoms with Crippen molar-refractivity contribution in [1.82, 2.24) is 9.96 Å². The van der Waals surface area contributed by atoms with Crippen molar-refractivity contribution in [2.24, 2.45) is 23.0 Å². The maximum atomic E-state index is 14.0. The number of carbonyl (C=O) groups is 6. The molecule has 4 rings (SSSR count). The molecule has 0 spiro atoms. The number of benzene rings is 1. The Balaban J connectivity index is 1.71. The minimum Gasteiger partial charge on any atom is -0.508 e. The van der Waals surface area contributed by atoms with E-state index in [9.17, 15) is 49.2 Å². The van der Waals surface area contributed by atoms with Gasteiger partial charge in [0.25, 0.3) is 5.91 Å². The lowest BCUT2D eigenvalue weighted by Crippen LogP contribution is -2.65. The first kappa shape index (κ1) is 35.6. The number of ether oxygens (including phenoxy) is 2. The molecule has 0 radical (unpaired) electrons. The second-order valence-corrected chi connectivity index (χ2v) is 12.9. The van der Waals surface area contributed by atoms with Crippen molar-refractivity contribution in [2.45, 2.75) is 45.3 Å². The highest BCUT2D eigenvalue weighted by Crippen LogP contribution is 2.53. The minimum absolute atomic E-state index is 0.0108. The zero-order valence-electron chi connectivity index (χ0n) is 26.9. The fourth-order valence-electron chi connectivity index (χ4n) is 6.27. The monoisotopic (exact) mass is 671 g/mol. The van der Waals surface area contributed by atoms with Gasteiger partial charge in [-0.05, 0) is 71.3 Å². The maximum absolute atomic E-state index is 14.0. The number of rotatable bonds is 7. The number of carbonyl (C=O) groups excluding carboxylic acids is 6. The molecule has 16 nitrogen and oxygen atoms in total. The highest BCUT2D eigenvalue weighted by atomic mass is 16.8. The number of phenolic OH excluding ortho intramolecular Hbond substituents is 1. The third-order valence-corrected chi connectivity index (χ3v) is 8.50. The summed E-state index contributed by atoms with van der Waals surface area (Å²) < 4.78 is 9.81. The molecule has 1 fully saturated rings. The van der Waals surface area contributed by atoms with Gasteiger partial charge in [-0.3, -0.25) is 24.1 Å². The number of amides is 2. The second kappa shape index (κ2) is 12.8. The number of Topliss-reactive ketones (excluding diaryl/α,β-unsaturated/α-hetero) is 2. The first-order chi connectivity index (χ1) is 22.3. The third kappa shape index (κ3) is 5.88. The van der Waals surface area contributed by atoms with Crippen molar-refractivity contribution < 1.29 is 63.5 Å². The number of nitrogens with two attached hydrogens (primary N) is 1.